The van der Waals surface area contributed by atoms with E-state index in [0.29, 0.717) is 40.4 Å². The Balaban J connectivity index is 1.36. The summed E-state index contributed by atoms with van der Waals surface area (Å²) in [6, 6.07) is 28.6. The molecule has 0 aliphatic carbocycles. The summed E-state index contributed by atoms with van der Waals surface area (Å²) >= 11 is 2.24. The van der Waals surface area contributed by atoms with Crippen LogP contribution in [0.3, 0.4) is 0 Å². The lowest BCUT2D eigenvalue weighted by molar-refractivity contribution is 0.304. The van der Waals surface area contributed by atoms with Crippen molar-refractivity contribution in [3.05, 3.63) is 122 Å². The highest BCUT2D eigenvalue weighted by Gasteiger charge is 2.18. The van der Waals surface area contributed by atoms with Crippen molar-refractivity contribution < 1.29 is 13.9 Å². The van der Waals surface area contributed by atoms with E-state index < -0.39 is 0 Å². The maximum atomic E-state index is 13.6. The van der Waals surface area contributed by atoms with E-state index in [2.05, 4.69) is 58.9 Å². The fraction of sp³-hybridized carbons (Fsp3) is 0.0938. The second-order valence-electron chi connectivity index (χ2n) is 9.26. The van der Waals surface area contributed by atoms with Gasteiger partial charge in [-0.25, -0.2) is 4.98 Å². The summed E-state index contributed by atoms with van der Waals surface area (Å²) in [5.41, 5.74) is 4.02. The SMILES string of the molecule is COc1cccc2oc(-c3nc4ccccc4c(=O)n3N=Cc3ccc(OCc4ccc(C)cc4)c(I)c3)cc12. The molecule has 8 heteroatoms. The van der Waals surface area contributed by atoms with Crippen LogP contribution in [0.15, 0.2) is 105 Å². The van der Waals surface area contributed by atoms with Crippen LogP contribution in [0, 0.1) is 10.5 Å². The Morgan fingerprint density at radius 3 is 2.58 bits per heavy atom. The lowest BCUT2D eigenvalue weighted by Crippen LogP contribution is -2.20. The minimum Gasteiger partial charge on any atom is -0.496 e. The number of methoxy groups -OCH3 is 1. The molecule has 0 amide bonds. The summed E-state index contributed by atoms with van der Waals surface area (Å²) in [5.74, 6) is 2.16. The molecule has 0 spiro atoms. The minimum atomic E-state index is -0.294. The van der Waals surface area contributed by atoms with Crippen molar-refractivity contribution in [2.75, 3.05) is 7.11 Å². The highest BCUT2D eigenvalue weighted by Crippen LogP contribution is 2.33. The van der Waals surface area contributed by atoms with Gasteiger partial charge in [0, 0.05) is 0 Å². The molecule has 0 aliphatic heterocycles. The quantitative estimate of drug-likeness (QED) is 0.136. The van der Waals surface area contributed by atoms with Gasteiger partial charge >= 0.3 is 0 Å². The first kappa shape index (κ1) is 25.8. The summed E-state index contributed by atoms with van der Waals surface area (Å²) in [4.78, 5) is 18.3. The van der Waals surface area contributed by atoms with Crippen LogP contribution in [-0.4, -0.2) is 23.0 Å². The molecule has 7 nitrogen and oxygen atoms in total. The maximum Gasteiger partial charge on any atom is 0.282 e. The number of nitrogens with zero attached hydrogens (tertiary/aromatic N) is 3. The second-order valence-corrected chi connectivity index (χ2v) is 10.4. The van der Waals surface area contributed by atoms with Gasteiger partial charge in [0.15, 0.2) is 5.76 Å². The molecule has 0 fully saturated rings. The predicted octanol–water partition coefficient (Wildman–Crippen LogP) is 7.19. The van der Waals surface area contributed by atoms with Crippen LogP contribution in [-0.2, 0) is 6.61 Å². The van der Waals surface area contributed by atoms with E-state index in [1.165, 1.54) is 10.2 Å². The molecule has 0 unspecified atom stereocenters. The van der Waals surface area contributed by atoms with E-state index in [-0.39, 0.29) is 5.56 Å². The third-order valence-electron chi connectivity index (χ3n) is 6.51. The Morgan fingerprint density at radius 2 is 1.77 bits per heavy atom. The molecular weight excluding hydrogens is 617 g/mol. The number of para-hydroxylation sites is 1. The summed E-state index contributed by atoms with van der Waals surface area (Å²) in [5, 5.41) is 5.82. The summed E-state index contributed by atoms with van der Waals surface area (Å²) in [7, 11) is 1.61. The summed E-state index contributed by atoms with van der Waals surface area (Å²) in [6.07, 6.45) is 1.64. The molecule has 0 bridgehead atoms. The van der Waals surface area contributed by atoms with Gasteiger partial charge in [0.2, 0.25) is 5.82 Å². The molecule has 2 aromatic heterocycles. The van der Waals surface area contributed by atoms with Crippen LogP contribution < -0.4 is 15.0 Å². The second kappa shape index (κ2) is 11.0. The van der Waals surface area contributed by atoms with E-state index >= 15 is 0 Å². The molecule has 6 aromatic rings. The Bertz CT molecular complexity index is 1940. The van der Waals surface area contributed by atoms with Gasteiger partial charge in [0.1, 0.15) is 23.7 Å². The van der Waals surface area contributed by atoms with Crippen molar-refractivity contribution in [3.8, 4) is 23.1 Å². The van der Waals surface area contributed by atoms with Gasteiger partial charge < -0.3 is 13.9 Å². The zero-order valence-corrected chi connectivity index (χ0v) is 24.0. The predicted molar refractivity (Wildman–Crippen MR) is 165 cm³/mol. The van der Waals surface area contributed by atoms with E-state index in [9.17, 15) is 4.79 Å². The van der Waals surface area contributed by atoms with E-state index in [1.807, 2.05) is 54.6 Å². The lowest BCUT2D eigenvalue weighted by Gasteiger charge is -2.10. The van der Waals surface area contributed by atoms with Crippen molar-refractivity contribution in [1.29, 1.82) is 0 Å². The van der Waals surface area contributed by atoms with Crippen LogP contribution in [0.4, 0.5) is 0 Å². The molecule has 0 N–H and O–H groups in total. The van der Waals surface area contributed by atoms with Crippen molar-refractivity contribution in [1.82, 2.24) is 9.66 Å². The molecular formula is C32H24IN3O4. The van der Waals surface area contributed by atoms with Crippen molar-refractivity contribution in [2.45, 2.75) is 13.5 Å². The topological polar surface area (TPSA) is 78.9 Å². The number of hydrogen-bond donors (Lipinski definition) is 0. The molecule has 0 saturated carbocycles. The molecule has 2 heterocycles. The largest absolute Gasteiger partial charge is 0.496 e. The smallest absolute Gasteiger partial charge is 0.282 e. The first-order chi connectivity index (χ1) is 19.5. The number of benzene rings is 4. The molecule has 6 rings (SSSR count). The minimum absolute atomic E-state index is 0.294. The first-order valence-corrected chi connectivity index (χ1v) is 13.7. The lowest BCUT2D eigenvalue weighted by atomic mass is 10.2. The first-order valence-electron chi connectivity index (χ1n) is 12.6. The van der Waals surface area contributed by atoms with Gasteiger partial charge in [-0.3, -0.25) is 4.79 Å². The van der Waals surface area contributed by atoms with Gasteiger partial charge in [0.05, 0.1) is 33.2 Å². The molecule has 4 aromatic carbocycles. The normalized spacial score (nSPS) is 11.5. The standard InChI is InChI=1S/C32H24IN3O4/c1-20-10-12-21(13-11-20)19-39-29-15-14-22(16-25(29)33)18-34-36-31(35-26-7-4-3-6-23(26)32(36)37)30-17-24-27(38-2)8-5-9-28(24)40-30/h3-18H,19H2,1-2H3. The van der Waals surface area contributed by atoms with Crippen LogP contribution in [0.2, 0.25) is 0 Å². The number of rotatable bonds is 7. The number of halogens is 1. The maximum absolute atomic E-state index is 13.6. The molecule has 198 valence electrons. The van der Waals surface area contributed by atoms with E-state index in [0.717, 1.165) is 25.8 Å². The van der Waals surface area contributed by atoms with E-state index in [4.69, 9.17) is 18.9 Å². The number of hydrogen-bond acceptors (Lipinski definition) is 6. The molecule has 0 radical (unpaired) electrons. The Labute approximate surface area is 243 Å². The van der Waals surface area contributed by atoms with Crippen molar-refractivity contribution in [2.24, 2.45) is 5.10 Å². The van der Waals surface area contributed by atoms with Gasteiger partial charge in [-0.05, 0) is 89.2 Å². The Hall–Kier alpha value is -4.44. The molecule has 0 aliphatic rings. The third-order valence-corrected chi connectivity index (χ3v) is 7.35. The van der Waals surface area contributed by atoms with Crippen molar-refractivity contribution >= 4 is 50.7 Å². The zero-order valence-electron chi connectivity index (χ0n) is 21.8. The zero-order chi connectivity index (χ0) is 27.6. The molecule has 0 saturated heterocycles. The number of fused-ring (bicyclic) bond motifs is 2. The summed E-state index contributed by atoms with van der Waals surface area (Å²) in [6.45, 7) is 2.54. The fourth-order valence-electron chi connectivity index (χ4n) is 4.40. The Morgan fingerprint density at radius 1 is 0.950 bits per heavy atom. The van der Waals surface area contributed by atoms with Gasteiger partial charge in [0.25, 0.3) is 5.56 Å². The van der Waals surface area contributed by atoms with Crippen LogP contribution in [0.1, 0.15) is 16.7 Å². The average Bonchev–Trinajstić information content (AvgIpc) is 3.41. The van der Waals surface area contributed by atoms with Gasteiger partial charge in [-0.2, -0.15) is 9.78 Å². The van der Waals surface area contributed by atoms with Crippen molar-refractivity contribution in [3.63, 3.8) is 0 Å². The third kappa shape index (κ3) is 5.10. The van der Waals surface area contributed by atoms with Gasteiger partial charge in [-0.1, -0.05) is 48.0 Å². The monoisotopic (exact) mass is 641 g/mol. The highest BCUT2D eigenvalue weighted by atomic mass is 127. The highest BCUT2D eigenvalue weighted by molar-refractivity contribution is 14.1. The number of aromatic nitrogens is 2. The number of ether oxygens (including phenoxy) is 2. The number of furan rings is 1. The molecule has 40 heavy (non-hydrogen) atoms. The van der Waals surface area contributed by atoms with Crippen LogP contribution in [0.5, 0.6) is 11.5 Å². The van der Waals surface area contributed by atoms with Crippen LogP contribution >= 0.6 is 22.6 Å². The van der Waals surface area contributed by atoms with Crippen LogP contribution in [0.25, 0.3) is 33.5 Å². The average molecular weight is 641 g/mol. The molecule has 0 atom stereocenters. The summed E-state index contributed by atoms with van der Waals surface area (Å²) < 4.78 is 19.8. The Kier molecular flexibility index (Phi) is 7.08. The van der Waals surface area contributed by atoms with E-state index in [1.54, 1.807) is 25.5 Å². The van der Waals surface area contributed by atoms with Gasteiger partial charge in [-0.15, -0.1) is 0 Å². The number of aryl methyl sites for hydroxylation is 1. The fourth-order valence-corrected chi connectivity index (χ4v) is 5.09.